The van der Waals surface area contributed by atoms with Crippen molar-refractivity contribution >= 4 is 0 Å². The van der Waals surface area contributed by atoms with E-state index in [4.69, 9.17) is 5.73 Å². The molecule has 27 heavy (non-hydrogen) atoms. The molecular formula is C25H29NO. The molecule has 3 aromatic carbocycles. The lowest BCUT2D eigenvalue weighted by molar-refractivity contribution is 0.445. The van der Waals surface area contributed by atoms with Gasteiger partial charge in [-0.3, -0.25) is 0 Å². The molecule has 0 radical (unpaired) electrons. The fourth-order valence-electron chi connectivity index (χ4n) is 3.72. The Morgan fingerprint density at radius 3 is 1.67 bits per heavy atom. The van der Waals surface area contributed by atoms with Gasteiger partial charge in [0.1, 0.15) is 5.75 Å². The maximum absolute atomic E-state index is 11.0. The zero-order chi connectivity index (χ0) is 19.7. The number of phenols is 1. The molecule has 0 fully saturated rings. The summed E-state index contributed by atoms with van der Waals surface area (Å²) < 4.78 is 0. The van der Waals surface area contributed by atoms with Crippen LogP contribution in [-0.4, -0.2) is 5.11 Å². The number of nitrogens with two attached hydrogens (primary N) is 1. The highest BCUT2D eigenvalue weighted by atomic mass is 16.3. The second kappa shape index (κ2) is 7.21. The Kier molecular flexibility index (Phi) is 5.12. The van der Waals surface area contributed by atoms with E-state index >= 15 is 0 Å². The smallest absolute Gasteiger partial charge is 0.124 e. The van der Waals surface area contributed by atoms with E-state index in [0.717, 1.165) is 22.3 Å². The Balaban J connectivity index is 2.21. The molecule has 0 aromatic heterocycles. The van der Waals surface area contributed by atoms with E-state index < -0.39 is 0 Å². The summed E-state index contributed by atoms with van der Waals surface area (Å²) in [5, 5.41) is 11.0. The highest BCUT2D eigenvalue weighted by molar-refractivity contribution is 5.54. The van der Waals surface area contributed by atoms with Crippen LogP contribution in [-0.2, 0) is 17.4 Å². The summed E-state index contributed by atoms with van der Waals surface area (Å²) in [5.41, 5.74) is 10.7. The molecule has 2 heteroatoms. The molecule has 0 spiro atoms. The molecule has 3 aromatic rings. The summed E-state index contributed by atoms with van der Waals surface area (Å²) in [4.78, 5) is 0. The number of rotatable bonds is 5. The van der Waals surface area contributed by atoms with E-state index in [1.807, 2.05) is 30.3 Å². The Bertz CT molecular complexity index is 912. The van der Waals surface area contributed by atoms with Gasteiger partial charge >= 0.3 is 0 Å². The molecule has 3 N–H and O–H groups in total. The number of aromatic hydroxyl groups is 1. The van der Waals surface area contributed by atoms with Crippen molar-refractivity contribution in [3.8, 4) is 5.75 Å². The van der Waals surface area contributed by atoms with Gasteiger partial charge in [0.05, 0.1) is 0 Å². The Hall–Kier alpha value is -2.58. The second-order valence-electron chi connectivity index (χ2n) is 8.22. The first-order chi connectivity index (χ1) is 12.8. The van der Waals surface area contributed by atoms with Crippen molar-refractivity contribution in [1.29, 1.82) is 0 Å². The zero-order valence-electron chi connectivity index (χ0n) is 16.7. The van der Waals surface area contributed by atoms with Gasteiger partial charge in [-0.25, -0.2) is 0 Å². The monoisotopic (exact) mass is 359 g/mol. The number of hydrogen-bond donors (Lipinski definition) is 2. The van der Waals surface area contributed by atoms with E-state index in [1.54, 1.807) is 0 Å². The first-order valence-electron chi connectivity index (χ1n) is 9.46. The molecule has 0 aliphatic heterocycles. The minimum Gasteiger partial charge on any atom is -0.507 e. The molecule has 0 saturated carbocycles. The topological polar surface area (TPSA) is 46.2 Å². The highest BCUT2D eigenvalue weighted by Crippen LogP contribution is 2.42. The lowest BCUT2D eigenvalue weighted by Crippen LogP contribution is -2.24. The number of phenolic OH excluding ortho intramolecular Hbond substituents is 1. The van der Waals surface area contributed by atoms with E-state index in [9.17, 15) is 5.11 Å². The van der Waals surface area contributed by atoms with Gasteiger partial charge in [-0.2, -0.15) is 0 Å². The third-order valence-electron chi connectivity index (χ3n) is 5.79. The SMILES string of the molecule is CC(C)(c1ccccc1)c1cc(CN)c(O)c(C(C)(C)c2ccccc2)c1. The summed E-state index contributed by atoms with van der Waals surface area (Å²) in [7, 11) is 0. The third-order valence-corrected chi connectivity index (χ3v) is 5.79. The van der Waals surface area contributed by atoms with E-state index in [1.165, 1.54) is 5.56 Å². The van der Waals surface area contributed by atoms with E-state index in [0.29, 0.717) is 12.3 Å². The van der Waals surface area contributed by atoms with Crippen molar-refractivity contribution in [2.45, 2.75) is 45.1 Å². The summed E-state index contributed by atoms with van der Waals surface area (Å²) in [6, 6.07) is 25.0. The molecular weight excluding hydrogens is 330 g/mol. The van der Waals surface area contributed by atoms with Crippen molar-refractivity contribution in [3.63, 3.8) is 0 Å². The number of benzene rings is 3. The van der Waals surface area contributed by atoms with Crippen molar-refractivity contribution in [2.75, 3.05) is 0 Å². The molecule has 0 saturated heterocycles. The van der Waals surface area contributed by atoms with Crippen LogP contribution >= 0.6 is 0 Å². The van der Waals surface area contributed by atoms with Crippen LogP contribution in [0.3, 0.4) is 0 Å². The average molecular weight is 360 g/mol. The summed E-state index contributed by atoms with van der Waals surface area (Å²) in [6.45, 7) is 9.04. The van der Waals surface area contributed by atoms with Gasteiger partial charge < -0.3 is 10.8 Å². The van der Waals surface area contributed by atoms with Crippen LogP contribution in [0.5, 0.6) is 5.75 Å². The maximum atomic E-state index is 11.0. The lowest BCUT2D eigenvalue weighted by atomic mass is 9.72. The summed E-state index contributed by atoms with van der Waals surface area (Å²) in [6.07, 6.45) is 0. The molecule has 2 nitrogen and oxygen atoms in total. The van der Waals surface area contributed by atoms with Crippen molar-refractivity contribution in [3.05, 3.63) is 101 Å². The van der Waals surface area contributed by atoms with Gasteiger partial charge in [0.2, 0.25) is 0 Å². The normalized spacial score (nSPS) is 12.2. The molecule has 0 atom stereocenters. The molecule has 3 rings (SSSR count). The van der Waals surface area contributed by atoms with Crippen molar-refractivity contribution in [2.24, 2.45) is 5.73 Å². The summed E-state index contributed by atoms with van der Waals surface area (Å²) >= 11 is 0. The predicted octanol–water partition coefficient (Wildman–Crippen LogP) is 5.50. The molecule has 0 unspecified atom stereocenters. The molecule has 0 aliphatic carbocycles. The quantitative estimate of drug-likeness (QED) is 0.631. The van der Waals surface area contributed by atoms with Crippen LogP contribution in [0.4, 0.5) is 0 Å². The van der Waals surface area contributed by atoms with E-state index in [-0.39, 0.29) is 10.8 Å². The Morgan fingerprint density at radius 1 is 0.704 bits per heavy atom. The Morgan fingerprint density at radius 2 is 1.19 bits per heavy atom. The van der Waals surface area contributed by atoms with Crippen LogP contribution < -0.4 is 5.73 Å². The van der Waals surface area contributed by atoms with Crippen LogP contribution in [0, 0.1) is 0 Å². The fourth-order valence-corrected chi connectivity index (χ4v) is 3.72. The van der Waals surface area contributed by atoms with Gasteiger partial charge in [0.25, 0.3) is 0 Å². The van der Waals surface area contributed by atoms with Crippen molar-refractivity contribution < 1.29 is 5.11 Å². The zero-order valence-corrected chi connectivity index (χ0v) is 16.7. The first-order valence-corrected chi connectivity index (χ1v) is 9.46. The largest absolute Gasteiger partial charge is 0.507 e. The van der Waals surface area contributed by atoms with Crippen LogP contribution in [0.25, 0.3) is 0 Å². The lowest BCUT2D eigenvalue weighted by Gasteiger charge is -2.32. The standard InChI is InChI=1S/C25H29NO/c1-24(2,19-11-7-5-8-12-19)21-15-18(17-26)23(27)22(16-21)25(3,4)20-13-9-6-10-14-20/h5-16,27H,17,26H2,1-4H3. The van der Waals surface area contributed by atoms with Crippen molar-refractivity contribution in [1.82, 2.24) is 0 Å². The van der Waals surface area contributed by atoms with Gasteiger partial charge in [-0.15, -0.1) is 0 Å². The van der Waals surface area contributed by atoms with Gasteiger partial charge in [-0.1, -0.05) is 94.4 Å². The molecule has 0 amide bonds. The minimum atomic E-state index is -0.335. The number of hydrogen-bond acceptors (Lipinski definition) is 2. The summed E-state index contributed by atoms with van der Waals surface area (Å²) in [5.74, 6) is 0.305. The van der Waals surface area contributed by atoms with Crippen LogP contribution in [0.15, 0.2) is 72.8 Å². The second-order valence-corrected chi connectivity index (χ2v) is 8.22. The third kappa shape index (κ3) is 3.50. The van der Waals surface area contributed by atoms with E-state index in [2.05, 4.69) is 70.2 Å². The molecule has 0 aliphatic rings. The highest BCUT2D eigenvalue weighted by Gasteiger charge is 2.31. The predicted molar refractivity (Wildman–Crippen MR) is 113 cm³/mol. The maximum Gasteiger partial charge on any atom is 0.124 e. The molecule has 0 bridgehead atoms. The fraction of sp³-hybridized carbons (Fsp3) is 0.280. The van der Waals surface area contributed by atoms with Crippen LogP contribution in [0.1, 0.15) is 55.5 Å². The van der Waals surface area contributed by atoms with Gasteiger partial charge in [0, 0.05) is 28.5 Å². The van der Waals surface area contributed by atoms with Gasteiger partial charge in [-0.05, 0) is 22.8 Å². The van der Waals surface area contributed by atoms with Crippen LogP contribution in [0.2, 0.25) is 0 Å². The molecule has 0 heterocycles. The average Bonchev–Trinajstić information content (AvgIpc) is 2.69. The molecule has 140 valence electrons. The van der Waals surface area contributed by atoms with Gasteiger partial charge in [0.15, 0.2) is 0 Å². The first kappa shape index (κ1) is 19.2. The minimum absolute atomic E-state index is 0.194. The Labute approximate surface area is 162 Å².